The second-order valence-electron chi connectivity index (χ2n) is 6.92. The van der Waals surface area contributed by atoms with Crippen molar-refractivity contribution in [2.24, 2.45) is 0 Å². The Morgan fingerprint density at radius 2 is 2.00 bits per heavy atom. The maximum atomic E-state index is 4.83. The van der Waals surface area contributed by atoms with Crippen LogP contribution < -0.4 is 5.32 Å². The number of aryl methyl sites for hydroxylation is 1. The molecule has 1 atom stereocenters. The fourth-order valence-corrected chi connectivity index (χ4v) is 3.54. The number of thiazole rings is 1. The van der Waals surface area contributed by atoms with Crippen molar-refractivity contribution >= 4 is 11.3 Å². The van der Waals surface area contributed by atoms with Crippen molar-refractivity contribution in [1.82, 2.24) is 20.1 Å². The molecule has 0 radical (unpaired) electrons. The number of hydrogen-bond acceptors (Lipinski definition) is 5. The highest BCUT2D eigenvalue weighted by atomic mass is 32.1. The first-order valence-electron chi connectivity index (χ1n) is 7.36. The first kappa shape index (κ1) is 15.9. The molecule has 2 rings (SSSR count). The molecule has 1 fully saturated rings. The maximum absolute atomic E-state index is 4.83. The molecule has 114 valence electrons. The summed E-state index contributed by atoms with van der Waals surface area (Å²) >= 11 is 1.87. The van der Waals surface area contributed by atoms with Gasteiger partial charge in [0.25, 0.3) is 0 Å². The first-order valence-corrected chi connectivity index (χ1v) is 8.18. The van der Waals surface area contributed by atoms with Crippen molar-refractivity contribution in [3.63, 3.8) is 0 Å². The van der Waals surface area contributed by atoms with E-state index >= 15 is 0 Å². The van der Waals surface area contributed by atoms with Gasteiger partial charge in [0.2, 0.25) is 0 Å². The summed E-state index contributed by atoms with van der Waals surface area (Å²) in [5.74, 6) is 0. The highest BCUT2D eigenvalue weighted by Crippen LogP contribution is 2.29. The summed E-state index contributed by atoms with van der Waals surface area (Å²) in [5, 5.41) is 4.83. The fraction of sp³-hybridized carbons (Fsp3) is 0.800. The van der Waals surface area contributed by atoms with Gasteiger partial charge >= 0.3 is 0 Å². The largest absolute Gasteiger partial charge is 0.307 e. The van der Waals surface area contributed by atoms with Crippen LogP contribution in [0.4, 0.5) is 0 Å². The maximum Gasteiger partial charge on any atom is 0.112 e. The number of piperazine rings is 1. The smallest absolute Gasteiger partial charge is 0.112 e. The van der Waals surface area contributed by atoms with Crippen LogP contribution in [-0.4, -0.2) is 54.1 Å². The minimum Gasteiger partial charge on any atom is -0.307 e. The average molecular weight is 296 g/mol. The second-order valence-corrected chi connectivity index (χ2v) is 8.04. The van der Waals surface area contributed by atoms with E-state index in [2.05, 4.69) is 56.9 Å². The number of rotatable bonds is 3. The minimum atomic E-state index is 0.151. The van der Waals surface area contributed by atoms with Crippen LogP contribution in [0.25, 0.3) is 0 Å². The summed E-state index contributed by atoms with van der Waals surface area (Å²) in [6.45, 7) is 13.0. The quantitative estimate of drug-likeness (QED) is 0.927. The van der Waals surface area contributed by atoms with Crippen molar-refractivity contribution in [2.75, 3.05) is 33.7 Å². The molecule has 0 aliphatic carbocycles. The summed E-state index contributed by atoms with van der Waals surface area (Å²) in [6, 6.07) is 0.445. The Kier molecular flexibility index (Phi) is 4.84. The van der Waals surface area contributed by atoms with Crippen LogP contribution in [-0.2, 0) is 6.54 Å². The van der Waals surface area contributed by atoms with Gasteiger partial charge < -0.3 is 10.2 Å². The predicted molar refractivity (Wildman–Crippen MR) is 86.3 cm³/mol. The lowest BCUT2D eigenvalue weighted by atomic mass is 10.1. The van der Waals surface area contributed by atoms with Crippen LogP contribution in [0.5, 0.6) is 0 Å². The first-order chi connectivity index (χ1) is 9.26. The van der Waals surface area contributed by atoms with Gasteiger partial charge in [0, 0.05) is 36.6 Å². The lowest BCUT2D eigenvalue weighted by Crippen LogP contribution is -2.44. The molecule has 1 unspecified atom stereocenters. The molecule has 1 aliphatic heterocycles. The van der Waals surface area contributed by atoms with E-state index in [9.17, 15) is 0 Å². The number of nitrogens with one attached hydrogen (secondary N) is 1. The Labute approximate surface area is 127 Å². The van der Waals surface area contributed by atoms with E-state index in [0.29, 0.717) is 6.04 Å². The molecular weight excluding hydrogens is 268 g/mol. The van der Waals surface area contributed by atoms with Crippen molar-refractivity contribution in [1.29, 1.82) is 0 Å². The zero-order valence-corrected chi connectivity index (χ0v) is 14.5. The number of hydrogen-bond donors (Lipinski definition) is 1. The topological polar surface area (TPSA) is 31.4 Å². The zero-order chi connectivity index (χ0) is 14.9. The van der Waals surface area contributed by atoms with Gasteiger partial charge in [0.15, 0.2) is 0 Å². The Balaban J connectivity index is 2.10. The van der Waals surface area contributed by atoms with Crippen LogP contribution >= 0.6 is 11.3 Å². The van der Waals surface area contributed by atoms with Gasteiger partial charge in [0.1, 0.15) is 5.01 Å². The van der Waals surface area contributed by atoms with E-state index in [1.165, 1.54) is 15.6 Å². The van der Waals surface area contributed by atoms with Gasteiger partial charge in [-0.2, -0.15) is 0 Å². The summed E-state index contributed by atoms with van der Waals surface area (Å²) in [7, 11) is 4.41. The Hall–Kier alpha value is -0.490. The molecule has 2 heterocycles. The lowest BCUT2D eigenvalue weighted by molar-refractivity contribution is 0.115. The van der Waals surface area contributed by atoms with Crippen LogP contribution in [0.1, 0.15) is 42.4 Å². The molecule has 1 aromatic heterocycles. The highest BCUT2D eigenvalue weighted by molar-refractivity contribution is 7.11. The van der Waals surface area contributed by atoms with E-state index in [-0.39, 0.29) is 5.54 Å². The Bertz CT molecular complexity index is 449. The third-order valence-electron chi connectivity index (χ3n) is 3.82. The third-order valence-corrected chi connectivity index (χ3v) is 5.08. The molecule has 1 aromatic rings. The summed E-state index contributed by atoms with van der Waals surface area (Å²) in [4.78, 5) is 11.0. The zero-order valence-electron chi connectivity index (χ0n) is 13.7. The molecular formula is C15H28N4S. The van der Waals surface area contributed by atoms with Crippen LogP contribution in [0.3, 0.4) is 0 Å². The van der Waals surface area contributed by atoms with E-state index in [1.807, 2.05) is 11.3 Å². The van der Waals surface area contributed by atoms with E-state index in [0.717, 1.165) is 26.2 Å². The van der Waals surface area contributed by atoms with Gasteiger partial charge in [-0.1, -0.05) is 0 Å². The van der Waals surface area contributed by atoms with Crippen molar-refractivity contribution < 1.29 is 0 Å². The number of likely N-dealkylation sites (N-methyl/N-ethyl adjacent to an activating group) is 2. The lowest BCUT2D eigenvalue weighted by Gasteiger charge is -2.36. The van der Waals surface area contributed by atoms with Crippen LogP contribution in [0, 0.1) is 6.92 Å². The number of nitrogens with zero attached hydrogens (tertiary/aromatic N) is 3. The minimum absolute atomic E-state index is 0.151. The predicted octanol–water partition coefficient (Wildman–Crippen LogP) is 2.26. The van der Waals surface area contributed by atoms with E-state index < -0.39 is 0 Å². The summed E-state index contributed by atoms with van der Waals surface area (Å²) in [6.07, 6.45) is 0. The van der Waals surface area contributed by atoms with Crippen molar-refractivity contribution in [3.05, 3.63) is 15.6 Å². The molecule has 5 heteroatoms. The molecule has 0 spiro atoms. The molecule has 0 amide bonds. The summed E-state index contributed by atoms with van der Waals surface area (Å²) in [5.41, 5.74) is 1.33. The van der Waals surface area contributed by atoms with Crippen LogP contribution in [0.15, 0.2) is 0 Å². The van der Waals surface area contributed by atoms with Gasteiger partial charge in [-0.15, -0.1) is 11.3 Å². The van der Waals surface area contributed by atoms with Gasteiger partial charge in [-0.3, -0.25) is 4.90 Å². The molecule has 1 aliphatic rings. The Morgan fingerprint density at radius 1 is 1.30 bits per heavy atom. The van der Waals surface area contributed by atoms with Gasteiger partial charge in [0.05, 0.1) is 11.7 Å². The van der Waals surface area contributed by atoms with Crippen molar-refractivity contribution in [2.45, 2.75) is 45.8 Å². The van der Waals surface area contributed by atoms with Gasteiger partial charge in [-0.25, -0.2) is 4.98 Å². The Morgan fingerprint density at radius 3 is 2.65 bits per heavy atom. The normalized spacial score (nSPS) is 22.4. The molecule has 4 nitrogen and oxygen atoms in total. The highest BCUT2D eigenvalue weighted by Gasteiger charge is 2.27. The number of aromatic nitrogens is 1. The second kappa shape index (κ2) is 6.10. The van der Waals surface area contributed by atoms with Gasteiger partial charge in [-0.05, 0) is 41.8 Å². The van der Waals surface area contributed by atoms with Crippen molar-refractivity contribution in [3.8, 4) is 0 Å². The summed E-state index contributed by atoms with van der Waals surface area (Å²) < 4.78 is 0. The SMILES string of the molecule is Cc1nc(C2CN(C)CCN2C)sc1CNC(C)(C)C. The monoisotopic (exact) mass is 296 g/mol. The molecule has 1 N–H and O–H groups in total. The van der Waals surface area contributed by atoms with E-state index in [4.69, 9.17) is 4.98 Å². The average Bonchev–Trinajstić information content (AvgIpc) is 2.70. The van der Waals surface area contributed by atoms with E-state index in [1.54, 1.807) is 0 Å². The molecule has 1 saturated heterocycles. The van der Waals surface area contributed by atoms with Crippen LogP contribution in [0.2, 0.25) is 0 Å². The standard InChI is InChI=1S/C15H28N4S/c1-11-13(9-16-15(2,3)4)20-14(17-11)12-10-18(5)7-8-19(12)6/h12,16H,7-10H2,1-6H3. The molecule has 0 saturated carbocycles. The fourth-order valence-electron chi connectivity index (χ4n) is 2.38. The molecule has 0 bridgehead atoms. The molecule has 0 aromatic carbocycles. The third kappa shape index (κ3) is 4.01. The molecule has 20 heavy (non-hydrogen) atoms.